The predicted octanol–water partition coefficient (Wildman–Crippen LogP) is 4.08. The van der Waals surface area contributed by atoms with E-state index in [1.807, 2.05) is 33.2 Å². The Balaban J connectivity index is 1.61. The van der Waals surface area contributed by atoms with Crippen LogP contribution in [0.15, 0.2) is 54.6 Å². The van der Waals surface area contributed by atoms with Gasteiger partial charge < -0.3 is 9.13 Å². The molecule has 4 rings (SSSR count). The van der Waals surface area contributed by atoms with E-state index in [4.69, 9.17) is 0 Å². The lowest BCUT2D eigenvalue weighted by Crippen LogP contribution is -2.01. The molecule has 0 radical (unpaired) electrons. The summed E-state index contributed by atoms with van der Waals surface area (Å²) in [5, 5.41) is 2.80. The third kappa shape index (κ3) is 3.23. The molecule has 0 amide bonds. The summed E-state index contributed by atoms with van der Waals surface area (Å²) in [6.07, 6.45) is 7.57. The summed E-state index contributed by atoms with van der Waals surface area (Å²) in [7, 11) is 0. The molecule has 0 aliphatic carbocycles. The Morgan fingerprint density at radius 3 is 2.76 bits per heavy atom. The van der Waals surface area contributed by atoms with E-state index >= 15 is 0 Å². The molecular weight excluding hydrogens is 337 g/mol. The topological polar surface area (TPSA) is 48.5 Å². The van der Waals surface area contributed by atoms with Crippen LogP contribution in [-0.2, 0) is 13.1 Å². The number of aryl methyl sites for hydroxylation is 1. The second-order valence-electron chi connectivity index (χ2n) is 5.62. The van der Waals surface area contributed by atoms with E-state index in [1.165, 1.54) is 23.5 Å². The fourth-order valence-electron chi connectivity index (χ4n) is 2.60. The van der Waals surface area contributed by atoms with E-state index in [0.717, 1.165) is 34.3 Å². The van der Waals surface area contributed by atoms with Gasteiger partial charge in [-0.25, -0.2) is 19.3 Å². The summed E-state index contributed by atoms with van der Waals surface area (Å²) in [6, 6.07) is 6.36. The summed E-state index contributed by atoms with van der Waals surface area (Å²) in [5.74, 6) is 0.561. The molecule has 0 saturated heterocycles. The number of thiazole rings is 1. The van der Waals surface area contributed by atoms with Crippen LogP contribution in [0.4, 0.5) is 4.39 Å². The molecule has 0 fully saturated rings. The summed E-state index contributed by atoms with van der Waals surface area (Å²) in [6.45, 7) is 3.63. The molecule has 0 bridgehead atoms. The van der Waals surface area contributed by atoms with E-state index < -0.39 is 0 Å². The molecule has 25 heavy (non-hydrogen) atoms. The zero-order chi connectivity index (χ0) is 17.2. The Morgan fingerprint density at radius 2 is 2.00 bits per heavy atom. The van der Waals surface area contributed by atoms with Crippen LogP contribution >= 0.6 is 11.3 Å². The van der Waals surface area contributed by atoms with Crippen LogP contribution in [0.25, 0.3) is 22.1 Å². The van der Waals surface area contributed by atoms with Gasteiger partial charge in [-0.05, 0) is 31.2 Å². The Hall–Kier alpha value is -2.80. The van der Waals surface area contributed by atoms with Gasteiger partial charge in [0.05, 0.1) is 24.3 Å². The van der Waals surface area contributed by atoms with Gasteiger partial charge in [-0.15, -0.1) is 11.3 Å². The second kappa shape index (κ2) is 6.60. The molecule has 0 spiro atoms. The van der Waals surface area contributed by atoms with Gasteiger partial charge in [-0.3, -0.25) is 0 Å². The molecule has 5 nitrogen and oxygen atoms in total. The Kier molecular flexibility index (Phi) is 4.15. The molecule has 1 aromatic carbocycles. The molecule has 4 aromatic rings. The van der Waals surface area contributed by atoms with Crippen molar-refractivity contribution in [2.24, 2.45) is 0 Å². The highest BCUT2D eigenvalue weighted by atomic mass is 32.1. The Labute approximate surface area is 148 Å². The van der Waals surface area contributed by atoms with Gasteiger partial charge in [-0.2, -0.15) is 0 Å². The maximum atomic E-state index is 13.1. The van der Waals surface area contributed by atoms with Crippen LogP contribution in [0, 0.1) is 5.82 Å². The zero-order valence-electron chi connectivity index (χ0n) is 13.6. The molecule has 0 N–H and O–H groups in total. The maximum absolute atomic E-state index is 13.1. The SMILES string of the molecule is CCn1cnc(Cn2ccnc2-c2nc(-c3ccc(F)cc3)cs2)c1. The monoisotopic (exact) mass is 353 g/mol. The molecule has 7 heteroatoms. The number of rotatable bonds is 5. The maximum Gasteiger partial charge on any atom is 0.169 e. The van der Waals surface area contributed by atoms with Crippen LogP contribution in [-0.4, -0.2) is 24.1 Å². The number of hydrogen-bond donors (Lipinski definition) is 0. The quantitative estimate of drug-likeness (QED) is 0.543. The lowest BCUT2D eigenvalue weighted by molar-refractivity contribution is 0.628. The molecule has 0 saturated carbocycles. The van der Waals surface area contributed by atoms with Crippen molar-refractivity contribution in [3.63, 3.8) is 0 Å². The fraction of sp³-hybridized carbons (Fsp3) is 0.167. The van der Waals surface area contributed by atoms with Crippen LogP contribution < -0.4 is 0 Å². The average Bonchev–Trinajstić information content (AvgIpc) is 3.36. The molecule has 3 heterocycles. The lowest BCUT2D eigenvalue weighted by Gasteiger charge is -2.03. The first-order valence-corrected chi connectivity index (χ1v) is 8.84. The second-order valence-corrected chi connectivity index (χ2v) is 6.48. The first kappa shape index (κ1) is 15.7. The van der Waals surface area contributed by atoms with Crippen LogP contribution in [0.1, 0.15) is 12.6 Å². The van der Waals surface area contributed by atoms with Crippen molar-refractivity contribution < 1.29 is 4.39 Å². The minimum Gasteiger partial charge on any atom is -0.337 e. The fourth-order valence-corrected chi connectivity index (χ4v) is 3.44. The first-order chi connectivity index (χ1) is 12.2. The number of nitrogens with zero attached hydrogens (tertiary/aromatic N) is 5. The van der Waals surface area contributed by atoms with Gasteiger partial charge in [0.25, 0.3) is 0 Å². The van der Waals surface area contributed by atoms with Crippen molar-refractivity contribution >= 4 is 11.3 Å². The number of aromatic nitrogens is 5. The minimum absolute atomic E-state index is 0.249. The van der Waals surface area contributed by atoms with E-state index in [2.05, 4.69) is 21.9 Å². The van der Waals surface area contributed by atoms with Crippen molar-refractivity contribution in [3.8, 4) is 22.1 Å². The largest absolute Gasteiger partial charge is 0.337 e. The summed E-state index contributed by atoms with van der Waals surface area (Å²) < 4.78 is 17.2. The molecule has 0 aliphatic rings. The van der Waals surface area contributed by atoms with Crippen LogP contribution in [0.5, 0.6) is 0 Å². The van der Waals surface area contributed by atoms with Gasteiger partial charge in [0.15, 0.2) is 10.8 Å². The van der Waals surface area contributed by atoms with Crippen molar-refractivity contribution in [3.05, 3.63) is 66.1 Å². The molecule has 126 valence electrons. The first-order valence-electron chi connectivity index (χ1n) is 7.96. The van der Waals surface area contributed by atoms with Gasteiger partial charge in [0, 0.05) is 36.1 Å². The van der Waals surface area contributed by atoms with Gasteiger partial charge in [0.2, 0.25) is 0 Å². The average molecular weight is 353 g/mol. The van der Waals surface area contributed by atoms with Crippen LogP contribution in [0.3, 0.4) is 0 Å². The number of benzene rings is 1. The molecule has 0 unspecified atom stereocenters. The normalized spacial score (nSPS) is 11.1. The van der Waals surface area contributed by atoms with Crippen molar-refractivity contribution in [1.82, 2.24) is 24.1 Å². The molecule has 0 atom stereocenters. The molecular formula is C18H16FN5S. The lowest BCUT2D eigenvalue weighted by atomic mass is 10.2. The standard InChI is InChI=1S/C18H16FN5S/c1-2-23-9-15(21-12-23)10-24-8-7-20-17(24)18-22-16(11-25-18)13-3-5-14(19)6-4-13/h3-9,11-12H,2,10H2,1H3. The number of halogens is 1. The van der Waals surface area contributed by atoms with E-state index in [0.29, 0.717) is 6.54 Å². The van der Waals surface area contributed by atoms with Crippen LogP contribution in [0.2, 0.25) is 0 Å². The van der Waals surface area contributed by atoms with Crippen molar-refractivity contribution in [2.45, 2.75) is 20.0 Å². The Bertz CT molecular complexity index is 983. The van der Waals surface area contributed by atoms with Gasteiger partial charge in [-0.1, -0.05) is 0 Å². The third-order valence-corrected chi connectivity index (χ3v) is 4.77. The van der Waals surface area contributed by atoms with E-state index in [9.17, 15) is 4.39 Å². The minimum atomic E-state index is -0.249. The van der Waals surface area contributed by atoms with E-state index in [1.54, 1.807) is 18.3 Å². The molecule has 3 aromatic heterocycles. The highest BCUT2D eigenvalue weighted by molar-refractivity contribution is 7.13. The highest BCUT2D eigenvalue weighted by Gasteiger charge is 2.13. The van der Waals surface area contributed by atoms with Crippen molar-refractivity contribution in [2.75, 3.05) is 0 Å². The number of hydrogen-bond acceptors (Lipinski definition) is 4. The third-order valence-electron chi connectivity index (χ3n) is 3.94. The predicted molar refractivity (Wildman–Crippen MR) is 95.7 cm³/mol. The van der Waals surface area contributed by atoms with Gasteiger partial charge in [0.1, 0.15) is 5.82 Å². The highest BCUT2D eigenvalue weighted by Crippen LogP contribution is 2.28. The van der Waals surface area contributed by atoms with Gasteiger partial charge >= 0.3 is 0 Å². The van der Waals surface area contributed by atoms with Crippen molar-refractivity contribution in [1.29, 1.82) is 0 Å². The smallest absolute Gasteiger partial charge is 0.169 e. The zero-order valence-corrected chi connectivity index (χ0v) is 14.4. The summed E-state index contributed by atoms with van der Waals surface area (Å²) in [5.41, 5.74) is 2.70. The van der Waals surface area contributed by atoms with E-state index in [-0.39, 0.29) is 5.82 Å². The Morgan fingerprint density at radius 1 is 1.16 bits per heavy atom. The number of imidazole rings is 2. The molecule has 0 aliphatic heterocycles. The summed E-state index contributed by atoms with van der Waals surface area (Å²) in [4.78, 5) is 13.5. The summed E-state index contributed by atoms with van der Waals surface area (Å²) >= 11 is 1.53.